The largest absolute Gasteiger partial charge is 0.365 e. The first-order valence-electron chi connectivity index (χ1n) is 5.64. The van der Waals surface area contributed by atoms with Gasteiger partial charge in [-0.05, 0) is 32.3 Å². The maximum atomic E-state index is 9.12. The number of anilines is 1. The van der Waals surface area contributed by atoms with E-state index in [1.165, 1.54) is 0 Å². The number of nitrogens with zero attached hydrogens (tertiary/aromatic N) is 3. The van der Waals surface area contributed by atoms with Gasteiger partial charge in [-0.25, -0.2) is 0 Å². The highest BCUT2D eigenvalue weighted by Gasteiger charge is 2.13. The first kappa shape index (κ1) is 12.4. The van der Waals surface area contributed by atoms with Gasteiger partial charge in [-0.3, -0.25) is 0 Å². The van der Waals surface area contributed by atoms with Crippen LogP contribution in [0.4, 0.5) is 5.82 Å². The molecule has 0 bridgehead atoms. The fraction of sp³-hybridized carbons (Fsp3) is 0.583. The molecular weight excluding hydrogens is 200 g/mol. The molecule has 0 aromatic carbocycles. The Balaban J connectivity index is 3.06. The van der Waals surface area contributed by atoms with Gasteiger partial charge in [-0.1, -0.05) is 13.8 Å². The van der Waals surface area contributed by atoms with Crippen LogP contribution < -0.4 is 5.32 Å². The lowest BCUT2D eigenvalue weighted by Gasteiger charge is -2.16. The number of rotatable bonds is 4. The molecule has 0 saturated heterocycles. The molecule has 1 rings (SSSR count). The molecule has 4 heteroatoms. The van der Waals surface area contributed by atoms with E-state index in [2.05, 4.69) is 35.4 Å². The van der Waals surface area contributed by atoms with E-state index in [1.54, 1.807) is 0 Å². The number of nitriles is 1. The van der Waals surface area contributed by atoms with Gasteiger partial charge in [0.15, 0.2) is 5.82 Å². The second-order valence-electron chi connectivity index (χ2n) is 3.90. The summed E-state index contributed by atoms with van der Waals surface area (Å²) >= 11 is 0. The Bertz CT molecular complexity index is 402. The lowest BCUT2D eigenvalue weighted by molar-refractivity contribution is 0.665. The van der Waals surface area contributed by atoms with Crippen molar-refractivity contribution in [3.05, 3.63) is 16.8 Å². The normalized spacial score (nSPS) is 10.2. The van der Waals surface area contributed by atoms with E-state index in [9.17, 15) is 0 Å². The van der Waals surface area contributed by atoms with Crippen LogP contribution in [0.3, 0.4) is 0 Å². The van der Waals surface area contributed by atoms with Gasteiger partial charge in [0.25, 0.3) is 0 Å². The van der Waals surface area contributed by atoms with E-state index in [0.717, 1.165) is 24.1 Å². The van der Waals surface area contributed by atoms with Gasteiger partial charge >= 0.3 is 0 Å². The molecule has 0 spiro atoms. The lowest BCUT2D eigenvalue weighted by atomic mass is 10.1. The molecular formula is C12H18N4. The number of aryl methyl sites for hydroxylation is 1. The molecule has 1 N–H and O–H groups in total. The molecule has 0 radical (unpaired) electrons. The van der Waals surface area contributed by atoms with E-state index < -0.39 is 0 Å². The highest BCUT2D eigenvalue weighted by Crippen LogP contribution is 2.18. The first-order valence-corrected chi connectivity index (χ1v) is 5.64. The van der Waals surface area contributed by atoms with Crippen LogP contribution in [0.5, 0.6) is 0 Å². The van der Waals surface area contributed by atoms with Gasteiger partial charge in [0.2, 0.25) is 0 Å². The van der Waals surface area contributed by atoms with Crippen LogP contribution in [0.25, 0.3) is 0 Å². The lowest BCUT2D eigenvalue weighted by Crippen LogP contribution is -2.19. The molecule has 0 aliphatic carbocycles. The van der Waals surface area contributed by atoms with Crippen molar-refractivity contribution in [3.63, 3.8) is 0 Å². The number of hydrogen-bond donors (Lipinski definition) is 1. The predicted molar refractivity (Wildman–Crippen MR) is 64.2 cm³/mol. The Morgan fingerprint density at radius 2 is 1.88 bits per heavy atom. The molecule has 0 amide bonds. The van der Waals surface area contributed by atoms with Crippen molar-refractivity contribution >= 4 is 5.82 Å². The summed E-state index contributed by atoms with van der Waals surface area (Å²) in [7, 11) is 0. The molecule has 0 fully saturated rings. The Kier molecular flexibility index (Phi) is 4.24. The van der Waals surface area contributed by atoms with Gasteiger partial charge < -0.3 is 5.32 Å². The van der Waals surface area contributed by atoms with E-state index in [0.29, 0.717) is 17.4 Å². The minimum absolute atomic E-state index is 0.350. The highest BCUT2D eigenvalue weighted by molar-refractivity contribution is 5.56. The van der Waals surface area contributed by atoms with Gasteiger partial charge in [0.05, 0.1) is 5.69 Å². The van der Waals surface area contributed by atoms with Crippen LogP contribution in [0.1, 0.15) is 43.5 Å². The minimum Gasteiger partial charge on any atom is -0.365 e. The van der Waals surface area contributed by atoms with Crippen LogP contribution >= 0.6 is 0 Å². The molecule has 86 valence electrons. The van der Waals surface area contributed by atoms with Crippen LogP contribution in [-0.2, 0) is 0 Å². The number of hydrogen-bond acceptors (Lipinski definition) is 4. The molecule has 1 aromatic heterocycles. The molecule has 0 unspecified atom stereocenters. The van der Waals surface area contributed by atoms with Crippen molar-refractivity contribution in [1.82, 2.24) is 10.2 Å². The van der Waals surface area contributed by atoms with Crippen LogP contribution in [0.2, 0.25) is 0 Å². The monoisotopic (exact) mass is 218 g/mol. The fourth-order valence-electron chi connectivity index (χ4n) is 1.53. The maximum absolute atomic E-state index is 9.12. The third kappa shape index (κ3) is 2.48. The maximum Gasteiger partial charge on any atom is 0.167 e. The molecule has 1 heterocycles. The Labute approximate surface area is 96.7 Å². The summed E-state index contributed by atoms with van der Waals surface area (Å²) in [6.07, 6.45) is 2.02. The Hall–Kier alpha value is -1.63. The van der Waals surface area contributed by atoms with Crippen LogP contribution in [-0.4, -0.2) is 16.2 Å². The standard InChI is InChI=1S/C12H18N4/c1-5-10(6-2)14-12-11(7-13)8(3)9(4)15-16-12/h10H,5-6H2,1-4H3,(H,14,16). The summed E-state index contributed by atoms with van der Waals surface area (Å²) in [5, 5.41) is 20.5. The van der Waals surface area contributed by atoms with Crippen molar-refractivity contribution < 1.29 is 0 Å². The molecule has 4 nitrogen and oxygen atoms in total. The van der Waals surface area contributed by atoms with E-state index >= 15 is 0 Å². The van der Waals surface area contributed by atoms with Crippen molar-refractivity contribution in [1.29, 1.82) is 5.26 Å². The number of nitrogens with one attached hydrogen (secondary N) is 1. The second kappa shape index (κ2) is 5.45. The topological polar surface area (TPSA) is 61.6 Å². The Morgan fingerprint density at radius 1 is 1.25 bits per heavy atom. The van der Waals surface area contributed by atoms with Crippen LogP contribution in [0.15, 0.2) is 0 Å². The minimum atomic E-state index is 0.350. The summed E-state index contributed by atoms with van der Waals surface area (Å²) in [4.78, 5) is 0. The molecule has 0 aliphatic heterocycles. The SMILES string of the molecule is CCC(CC)Nc1nnc(C)c(C)c1C#N. The Morgan fingerprint density at radius 3 is 2.38 bits per heavy atom. The van der Waals surface area contributed by atoms with Gasteiger partial charge in [-0.2, -0.15) is 10.4 Å². The quantitative estimate of drug-likeness (QED) is 0.843. The zero-order valence-corrected chi connectivity index (χ0v) is 10.3. The number of aromatic nitrogens is 2. The average Bonchev–Trinajstić information content (AvgIpc) is 2.30. The zero-order chi connectivity index (χ0) is 12.1. The van der Waals surface area contributed by atoms with E-state index in [1.807, 2.05) is 13.8 Å². The smallest absolute Gasteiger partial charge is 0.167 e. The average molecular weight is 218 g/mol. The summed E-state index contributed by atoms with van der Waals surface area (Å²) < 4.78 is 0. The van der Waals surface area contributed by atoms with Crippen LogP contribution in [0, 0.1) is 25.2 Å². The molecule has 0 atom stereocenters. The molecule has 16 heavy (non-hydrogen) atoms. The van der Waals surface area contributed by atoms with E-state index in [-0.39, 0.29) is 0 Å². The molecule has 0 saturated carbocycles. The van der Waals surface area contributed by atoms with Gasteiger partial charge in [0, 0.05) is 6.04 Å². The summed E-state index contributed by atoms with van der Waals surface area (Å²) in [6.45, 7) is 7.99. The van der Waals surface area contributed by atoms with Gasteiger partial charge in [-0.15, -0.1) is 5.10 Å². The third-order valence-electron chi connectivity index (χ3n) is 2.89. The van der Waals surface area contributed by atoms with Gasteiger partial charge in [0.1, 0.15) is 11.6 Å². The van der Waals surface area contributed by atoms with Crippen molar-refractivity contribution in [2.75, 3.05) is 5.32 Å². The second-order valence-corrected chi connectivity index (χ2v) is 3.90. The summed E-state index contributed by atoms with van der Waals surface area (Å²) in [5.74, 6) is 0.610. The van der Waals surface area contributed by atoms with E-state index in [4.69, 9.17) is 5.26 Å². The summed E-state index contributed by atoms with van der Waals surface area (Å²) in [6, 6.07) is 2.54. The third-order valence-corrected chi connectivity index (χ3v) is 2.89. The van der Waals surface area contributed by atoms with Crippen molar-refractivity contribution in [2.45, 2.75) is 46.6 Å². The first-order chi connectivity index (χ1) is 7.63. The zero-order valence-electron chi connectivity index (χ0n) is 10.3. The van der Waals surface area contributed by atoms with Crippen molar-refractivity contribution in [3.8, 4) is 6.07 Å². The molecule has 1 aromatic rings. The highest BCUT2D eigenvalue weighted by atomic mass is 15.2. The van der Waals surface area contributed by atoms with Crippen molar-refractivity contribution in [2.24, 2.45) is 0 Å². The fourth-order valence-corrected chi connectivity index (χ4v) is 1.53. The molecule has 0 aliphatic rings. The predicted octanol–water partition coefficient (Wildman–Crippen LogP) is 2.57. The summed E-state index contributed by atoms with van der Waals surface area (Å²) in [5.41, 5.74) is 2.33.